The fourth-order valence-corrected chi connectivity index (χ4v) is 3.80. The van der Waals surface area contributed by atoms with Gasteiger partial charge in [0, 0.05) is 36.8 Å². The van der Waals surface area contributed by atoms with Gasteiger partial charge in [0.2, 0.25) is 5.91 Å². The molecule has 1 amide bonds. The molecule has 0 unspecified atom stereocenters. The zero-order chi connectivity index (χ0) is 17.8. The Labute approximate surface area is 148 Å². The van der Waals surface area contributed by atoms with Crippen LogP contribution in [0.25, 0.3) is 0 Å². The summed E-state index contributed by atoms with van der Waals surface area (Å²) in [7, 11) is 0. The number of carbonyl (C=O) groups is 1. The van der Waals surface area contributed by atoms with E-state index in [2.05, 4.69) is 21.4 Å². The molecule has 0 bridgehead atoms. The maximum atomic E-state index is 14.0. The Balaban J connectivity index is 1.58. The third-order valence-electron chi connectivity index (χ3n) is 5.35. The molecule has 0 radical (unpaired) electrons. The lowest BCUT2D eigenvalue weighted by Gasteiger charge is -2.24. The lowest BCUT2D eigenvalue weighted by Crippen LogP contribution is -2.40. The molecule has 1 aliphatic heterocycles. The van der Waals surface area contributed by atoms with Crippen LogP contribution < -0.4 is 5.32 Å². The number of aromatic nitrogens is 1. The topological polar surface area (TPSA) is 58.4 Å². The molecule has 3 rings (SSSR count). The normalized spacial score (nSPS) is 24.8. The second kappa shape index (κ2) is 8.13. The number of amides is 1. The smallest absolute Gasteiger partial charge is 0.246 e. The predicted molar refractivity (Wildman–Crippen MR) is 93.9 cm³/mol. The van der Waals surface area contributed by atoms with Crippen molar-refractivity contribution in [2.75, 3.05) is 13.1 Å². The molecule has 2 heterocycles. The van der Waals surface area contributed by atoms with Crippen molar-refractivity contribution in [1.29, 1.82) is 0 Å². The van der Waals surface area contributed by atoms with Gasteiger partial charge in [0.25, 0.3) is 0 Å². The average molecular weight is 349 g/mol. The molecule has 1 aromatic rings. The van der Waals surface area contributed by atoms with Crippen LogP contribution in [0.2, 0.25) is 0 Å². The fraction of sp³-hybridized carbons (Fsp3) is 0.684. The van der Waals surface area contributed by atoms with E-state index in [4.69, 9.17) is 4.52 Å². The quantitative estimate of drug-likeness (QED) is 0.887. The molecule has 2 atom stereocenters. The van der Waals surface area contributed by atoms with Crippen molar-refractivity contribution in [2.45, 2.75) is 71.1 Å². The summed E-state index contributed by atoms with van der Waals surface area (Å²) in [4.78, 5) is 14.5. The number of allylic oxidation sites excluding steroid dienone is 1. The van der Waals surface area contributed by atoms with Crippen LogP contribution in [-0.2, 0) is 11.3 Å². The first kappa shape index (κ1) is 18.1. The number of halogens is 1. The summed E-state index contributed by atoms with van der Waals surface area (Å²) in [5.74, 6) is 0.799. The minimum absolute atomic E-state index is 0.0130. The van der Waals surface area contributed by atoms with Crippen LogP contribution in [0.3, 0.4) is 0 Å². The highest BCUT2D eigenvalue weighted by atomic mass is 19.1. The lowest BCUT2D eigenvalue weighted by molar-refractivity contribution is -0.117. The van der Waals surface area contributed by atoms with Crippen LogP contribution in [0.1, 0.15) is 55.5 Å². The molecule has 1 N–H and O–H groups in total. The number of carbonyl (C=O) groups excluding carboxylic acids is 1. The summed E-state index contributed by atoms with van der Waals surface area (Å²) in [5.41, 5.74) is 2.77. The number of hydrogen-bond donors (Lipinski definition) is 1. The number of nitrogens with zero attached hydrogens (tertiary/aromatic N) is 2. The van der Waals surface area contributed by atoms with Crippen molar-refractivity contribution < 1.29 is 13.7 Å². The SMILES string of the molecule is Cc1noc(C)c1CN1C[C@@H](F)C[C@H]1CNC(=O)C1=CCCCCC1. The van der Waals surface area contributed by atoms with E-state index in [-0.39, 0.29) is 11.9 Å². The number of nitrogens with one attached hydrogen (secondary N) is 1. The van der Waals surface area contributed by atoms with Gasteiger partial charge in [-0.15, -0.1) is 0 Å². The van der Waals surface area contributed by atoms with Crippen molar-refractivity contribution in [3.05, 3.63) is 28.7 Å². The monoisotopic (exact) mass is 349 g/mol. The van der Waals surface area contributed by atoms with Gasteiger partial charge in [-0.25, -0.2) is 4.39 Å². The summed E-state index contributed by atoms with van der Waals surface area (Å²) >= 11 is 0. The molecular weight excluding hydrogens is 321 g/mol. The molecule has 1 aliphatic carbocycles. The van der Waals surface area contributed by atoms with E-state index in [0.717, 1.165) is 48.3 Å². The molecule has 0 aromatic carbocycles. The van der Waals surface area contributed by atoms with Gasteiger partial charge < -0.3 is 9.84 Å². The van der Waals surface area contributed by atoms with Crippen molar-refractivity contribution in [3.8, 4) is 0 Å². The zero-order valence-electron chi connectivity index (χ0n) is 15.2. The molecule has 0 saturated carbocycles. The largest absolute Gasteiger partial charge is 0.361 e. The van der Waals surface area contributed by atoms with Gasteiger partial charge in [-0.1, -0.05) is 17.7 Å². The Hall–Kier alpha value is -1.69. The van der Waals surface area contributed by atoms with E-state index in [1.165, 1.54) is 6.42 Å². The summed E-state index contributed by atoms with van der Waals surface area (Å²) in [6, 6.07) is 0.0130. The van der Waals surface area contributed by atoms with Gasteiger partial charge in [-0.05, 0) is 46.0 Å². The highest BCUT2D eigenvalue weighted by Gasteiger charge is 2.33. The van der Waals surface area contributed by atoms with Crippen LogP contribution >= 0.6 is 0 Å². The Morgan fingerprint density at radius 1 is 1.40 bits per heavy atom. The van der Waals surface area contributed by atoms with Gasteiger partial charge in [0.05, 0.1) is 5.69 Å². The number of aryl methyl sites for hydroxylation is 2. The van der Waals surface area contributed by atoms with Gasteiger partial charge in [0.1, 0.15) is 11.9 Å². The van der Waals surface area contributed by atoms with Gasteiger partial charge in [-0.3, -0.25) is 9.69 Å². The first-order valence-corrected chi connectivity index (χ1v) is 9.31. The number of hydrogen-bond acceptors (Lipinski definition) is 4. The van der Waals surface area contributed by atoms with Crippen LogP contribution in [-0.4, -0.2) is 41.3 Å². The van der Waals surface area contributed by atoms with Crippen molar-refractivity contribution in [1.82, 2.24) is 15.4 Å². The second-order valence-electron chi connectivity index (χ2n) is 7.26. The maximum Gasteiger partial charge on any atom is 0.246 e. The van der Waals surface area contributed by atoms with Gasteiger partial charge in [-0.2, -0.15) is 0 Å². The third kappa shape index (κ3) is 4.48. The number of rotatable bonds is 5. The van der Waals surface area contributed by atoms with E-state index in [1.54, 1.807) is 0 Å². The molecule has 1 fully saturated rings. The predicted octanol–water partition coefficient (Wildman–Crippen LogP) is 3.21. The van der Waals surface area contributed by atoms with Crippen LogP contribution in [0, 0.1) is 13.8 Å². The summed E-state index contributed by atoms with van der Waals surface area (Å²) in [6.45, 7) is 5.29. The first-order chi connectivity index (χ1) is 12.0. The molecular formula is C19H28FN3O2. The summed E-state index contributed by atoms with van der Waals surface area (Å²) in [6.07, 6.45) is 6.94. The van der Waals surface area contributed by atoms with Crippen LogP contribution in [0.15, 0.2) is 16.2 Å². The molecule has 0 spiro atoms. The first-order valence-electron chi connectivity index (χ1n) is 9.31. The van der Waals surface area contributed by atoms with E-state index in [0.29, 0.717) is 26.1 Å². The molecule has 138 valence electrons. The molecule has 2 aliphatic rings. The highest BCUT2D eigenvalue weighted by molar-refractivity contribution is 5.93. The van der Waals surface area contributed by atoms with Crippen LogP contribution in [0.5, 0.6) is 0 Å². The molecule has 25 heavy (non-hydrogen) atoms. The highest BCUT2D eigenvalue weighted by Crippen LogP contribution is 2.25. The summed E-state index contributed by atoms with van der Waals surface area (Å²) in [5, 5.41) is 7.00. The third-order valence-corrected chi connectivity index (χ3v) is 5.35. The Morgan fingerprint density at radius 3 is 3.00 bits per heavy atom. The molecule has 1 saturated heterocycles. The van der Waals surface area contributed by atoms with Crippen molar-refractivity contribution >= 4 is 5.91 Å². The number of likely N-dealkylation sites (tertiary alicyclic amines) is 1. The standard InChI is InChI=1S/C19H28FN3O2/c1-13-18(14(2)25-22-13)12-23-11-16(20)9-17(23)10-21-19(24)15-7-5-3-4-6-8-15/h7,16-17H,3-6,8-12H2,1-2H3,(H,21,24)/t16-,17-/m0/s1. The average Bonchev–Trinajstić information content (AvgIpc) is 2.96. The fourth-order valence-electron chi connectivity index (χ4n) is 3.80. The Bertz CT molecular complexity index is 621. The van der Waals surface area contributed by atoms with E-state index < -0.39 is 6.17 Å². The Kier molecular flexibility index (Phi) is 5.89. The minimum atomic E-state index is -0.848. The Morgan fingerprint density at radius 2 is 2.24 bits per heavy atom. The van der Waals surface area contributed by atoms with E-state index in [9.17, 15) is 9.18 Å². The van der Waals surface area contributed by atoms with Gasteiger partial charge in [0.15, 0.2) is 0 Å². The molecule has 1 aromatic heterocycles. The van der Waals surface area contributed by atoms with E-state index in [1.807, 2.05) is 13.8 Å². The van der Waals surface area contributed by atoms with Crippen molar-refractivity contribution in [3.63, 3.8) is 0 Å². The van der Waals surface area contributed by atoms with Crippen LogP contribution in [0.4, 0.5) is 4.39 Å². The lowest BCUT2D eigenvalue weighted by atomic mass is 10.1. The second-order valence-corrected chi connectivity index (χ2v) is 7.26. The zero-order valence-corrected chi connectivity index (χ0v) is 15.2. The minimum Gasteiger partial charge on any atom is -0.361 e. The number of alkyl halides is 1. The van der Waals surface area contributed by atoms with E-state index >= 15 is 0 Å². The molecule has 6 heteroatoms. The van der Waals surface area contributed by atoms with Gasteiger partial charge >= 0.3 is 0 Å². The maximum absolute atomic E-state index is 14.0. The molecule has 5 nitrogen and oxygen atoms in total. The summed E-state index contributed by atoms with van der Waals surface area (Å²) < 4.78 is 19.2. The van der Waals surface area contributed by atoms with Crippen molar-refractivity contribution in [2.24, 2.45) is 0 Å².